The summed E-state index contributed by atoms with van der Waals surface area (Å²) in [5.74, 6) is -2.66. The summed E-state index contributed by atoms with van der Waals surface area (Å²) in [5.41, 5.74) is -0.0529. The number of hydrogen-bond acceptors (Lipinski definition) is 4. The van der Waals surface area contributed by atoms with E-state index in [-0.39, 0.29) is 57.4 Å². The number of furan rings is 1. The molecule has 0 unspecified atom stereocenters. The lowest BCUT2D eigenvalue weighted by Gasteiger charge is -2.11. The lowest BCUT2D eigenvalue weighted by Crippen LogP contribution is -2.14. The number of pyridine rings is 1. The van der Waals surface area contributed by atoms with E-state index >= 15 is 0 Å². The maximum absolute atomic E-state index is 14.9. The van der Waals surface area contributed by atoms with Gasteiger partial charge in [0.25, 0.3) is 5.56 Å². The van der Waals surface area contributed by atoms with Gasteiger partial charge in [-0.1, -0.05) is 6.07 Å². The second-order valence-corrected chi connectivity index (χ2v) is 7.53. The number of fused-ring (bicyclic) bond motifs is 3. The highest BCUT2D eigenvalue weighted by Gasteiger charge is 2.29. The number of carboxylic acids is 1. The first-order valence-corrected chi connectivity index (χ1v) is 9.92. The first kappa shape index (κ1) is 20.7. The van der Waals surface area contributed by atoms with Gasteiger partial charge in [0.15, 0.2) is 0 Å². The zero-order chi connectivity index (χ0) is 23.3. The third-order valence-electron chi connectivity index (χ3n) is 5.63. The fraction of sp³-hybridized carbons (Fsp3) is 0.0833. The van der Waals surface area contributed by atoms with Crippen molar-refractivity contribution in [2.24, 2.45) is 0 Å². The summed E-state index contributed by atoms with van der Waals surface area (Å²) in [5, 5.41) is 19.9. The molecule has 3 N–H and O–H groups in total. The van der Waals surface area contributed by atoms with E-state index in [0.717, 1.165) is 6.07 Å². The molecule has 0 bridgehead atoms. The van der Waals surface area contributed by atoms with Gasteiger partial charge in [0.1, 0.15) is 22.9 Å². The zero-order valence-corrected chi connectivity index (χ0v) is 16.9. The molecule has 0 radical (unpaired) electrons. The van der Waals surface area contributed by atoms with Crippen molar-refractivity contribution in [2.75, 3.05) is 0 Å². The van der Waals surface area contributed by atoms with Crippen LogP contribution in [0, 0.1) is 11.6 Å². The van der Waals surface area contributed by atoms with Gasteiger partial charge in [0, 0.05) is 17.3 Å². The molecule has 0 amide bonds. The number of aliphatic hydroxyl groups excluding tert-OH is 1. The molecule has 0 fully saturated rings. The number of nitrogens with zero attached hydrogens (tertiary/aromatic N) is 1. The van der Waals surface area contributed by atoms with E-state index in [0.29, 0.717) is 5.56 Å². The number of carboxylic acid groups (broad SMARTS) is 1. The van der Waals surface area contributed by atoms with Crippen molar-refractivity contribution in [3.05, 3.63) is 93.7 Å². The van der Waals surface area contributed by atoms with Gasteiger partial charge in [-0.05, 0) is 42.0 Å². The molecule has 166 valence electrons. The molecule has 2 aromatic carbocycles. The highest BCUT2D eigenvalue weighted by Crippen LogP contribution is 2.40. The van der Waals surface area contributed by atoms with Gasteiger partial charge < -0.3 is 24.2 Å². The third kappa shape index (κ3) is 3.21. The Hall–Kier alpha value is -4.24. The molecule has 0 aliphatic heterocycles. The smallest absolute Gasteiger partial charge is 0.353 e. The van der Waals surface area contributed by atoms with Crippen LogP contribution in [0.15, 0.2) is 64.1 Å². The van der Waals surface area contributed by atoms with Crippen LogP contribution in [0.1, 0.15) is 21.6 Å². The quantitative estimate of drug-likeness (QED) is 0.371. The molecule has 0 atom stereocenters. The van der Waals surface area contributed by atoms with Gasteiger partial charge >= 0.3 is 5.97 Å². The van der Waals surface area contributed by atoms with Crippen LogP contribution in [-0.2, 0) is 13.2 Å². The third-order valence-corrected chi connectivity index (χ3v) is 5.63. The van der Waals surface area contributed by atoms with Gasteiger partial charge in [-0.25, -0.2) is 13.6 Å². The zero-order valence-electron chi connectivity index (χ0n) is 16.9. The average molecular weight is 450 g/mol. The van der Waals surface area contributed by atoms with E-state index in [9.17, 15) is 28.6 Å². The van der Waals surface area contributed by atoms with E-state index in [1.807, 2.05) is 0 Å². The number of nitrogens with one attached hydrogen (secondary N) is 1. The Balaban J connectivity index is 1.93. The standard InChI is InChI=1S/C24H16F2N2O5/c25-16-4-3-12(11-29)8-13(16)10-28-18-9-17(26)14-5-7-33-22(14)20(18)19(21(28)24(31)32)15-2-1-6-27-23(15)30/h1-9,29H,10-11H2,(H,27,30)(H,31,32). The van der Waals surface area contributed by atoms with Crippen LogP contribution in [0.4, 0.5) is 8.78 Å². The SMILES string of the molecule is O=C(O)c1c(-c2ccc[nH]c2=O)c2c3occc3c(F)cc2n1Cc1cc(CO)ccc1F. The summed E-state index contributed by atoms with van der Waals surface area (Å²) in [7, 11) is 0. The van der Waals surface area contributed by atoms with Crippen LogP contribution in [0.3, 0.4) is 0 Å². The van der Waals surface area contributed by atoms with E-state index in [1.165, 1.54) is 47.4 Å². The second kappa shape index (κ2) is 7.72. The average Bonchev–Trinajstić information content (AvgIpc) is 3.39. The van der Waals surface area contributed by atoms with Crippen molar-refractivity contribution in [2.45, 2.75) is 13.2 Å². The lowest BCUT2D eigenvalue weighted by molar-refractivity contribution is 0.0687. The predicted molar refractivity (Wildman–Crippen MR) is 116 cm³/mol. The van der Waals surface area contributed by atoms with E-state index in [2.05, 4.69) is 4.98 Å². The monoisotopic (exact) mass is 450 g/mol. The minimum absolute atomic E-state index is 0.0398. The Bertz CT molecular complexity index is 1610. The topological polar surface area (TPSA) is 108 Å². The number of benzene rings is 2. The molecule has 3 aromatic heterocycles. The maximum atomic E-state index is 14.9. The lowest BCUT2D eigenvalue weighted by atomic mass is 10.0. The van der Waals surface area contributed by atoms with Gasteiger partial charge in [0.2, 0.25) is 0 Å². The number of aromatic amines is 1. The van der Waals surface area contributed by atoms with Crippen LogP contribution >= 0.6 is 0 Å². The van der Waals surface area contributed by atoms with E-state index < -0.39 is 23.2 Å². The molecule has 0 saturated heterocycles. The summed E-state index contributed by atoms with van der Waals surface area (Å²) >= 11 is 0. The van der Waals surface area contributed by atoms with Crippen LogP contribution in [0.2, 0.25) is 0 Å². The summed E-state index contributed by atoms with van der Waals surface area (Å²) in [6, 6.07) is 9.53. The summed E-state index contributed by atoms with van der Waals surface area (Å²) in [6.07, 6.45) is 2.68. The van der Waals surface area contributed by atoms with Gasteiger partial charge in [-0.2, -0.15) is 0 Å². The Morgan fingerprint density at radius 2 is 1.94 bits per heavy atom. The highest BCUT2D eigenvalue weighted by molar-refractivity contribution is 6.17. The van der Waals surface area contributed by atoms with E-state index in [4.69, 9.17) is 4.42 Å². The summed E-state index contributed by atoms with van der Waals surface area (Å²) < 4.78 is 36.3. The van der Waals surface area contributed by atoms with Crippen LogP contribution in [-0.4, -0.2) is 25.7 Å². The molecule has 0 aliphatic rings. The number of hydrogen-bond donors (Lipinski definition) is 3. The van der Waals surface area contributed by atoms with Crippen molar-refractivity contribution >= 4 is 27.8 Å². The molecule has 33 heavy (non-hydrogen) atoms. The first-order valence-electron chi connectivity index (χ1n) is 9.92. The number of aliphatic hydroxyl groups is 1. The molecule has 7 nitrogen and oxygen atoms in total. The van der Waals surface area contributed by atoms with Crippen LogP contribution < -0.4 is 5.56 Å². The number of H-pyrrole nitrogens is 1. The number of aromatic nitrogens is 2. The number of carbonyl (C=O) groups is 1. The van der Waals surface area contributed by atoms with Crippen LogP contribution in [0.5, 0.6) is 0 Å². The number of halogens is 2. The van der Waals surface area contributed by atoms with Crippen molar-refractivity contribution < 1.29 is 28.2 Å². The maximum Gasteiger partial charge on any atom is 0.353 e. The minimum atomic E-state index is -1.39. The minimum Gasteiger partial charge on any atom is -0.477 e. The first-order chi connectivity index (χ1) is 15.9. The fourth-order valence-electron chi connectivity index (χ4n) is 4.19. The Kier molecular flexibility index (Phi) is 4.83. The van der Waals surface area contributed by atoms with Crippen molar-refractivity contribution in [1.29, 1.82) is 0 Å². The fourth-order valence-corrected chi connectivity index (χ4v) is 4.19. The van der Waals surface area contributed by atoms with Gasteiger partial charge in [0.05, 0.1) is 41.3 Å². The second-order valence-electron chi connectivity index (χ2n) is 7.53. The molecule has 0 saturated carbocycles. The largest absolute Gasteiger partial charge is 0.477 e. The van der Waals surface area contributed by atoms with Gasteiger partial charge in [-0.3, -0.25) is 4.79 Å². The molecular weight excluding hydrogens is 434 g/mol. The normalized spacial score (nSPS) is 11.5. The van der Waals surface area contributed by atoms with Crippen molar-refractivity contribution in [1.82, 2.24) is 9.55 Å². The summed E-state index contributed by atoms with van der Waals surface area (Å²) in [4.78, 5) is 27.6. The molecular formula is C24H16F2N2O5. The molecule has 3 heterocycles. The van der Waals surface area contributed by atoms with Gasteiger partial charge in [-0.15, -0.1) is 0 Å². The predicted octanol–water partition coefficient (Wildman–Crippen LogP) is 4.26. The molecule has 0 spiro atoms. The Morgan fingerprint density at radius 3 is 2.67 bits per heavy atom. The number of rotatable bonds is 5. The molecule has 9 heteroatoms. The van der Waals surface area contributed by atoms with Crippen LogP contribution in [0.25, 0.3) is 33.0 Å². The molecule has 5 aromatic rings. The Labute approximate surface area is 184 Å². The Morgan fingerprint density at radius 1 is 1.12 bits per heavy atom. The van der Waals surface area contributed by atoms with E-state index in [1.54, 1.807) is 6.07 Å². The molecule has 0 aliphatic carbocycles. The van der Waals surface area contributed by atoms with Crippen molar-refractivity contribution in [3.63, 3.8) is 0 Å². The summed E-state index contributed by atoms with van der Waals surface area (Å²) in [6.45, 7) is -0.619. The van der Waals surface area contributed by atoms with Crippen molar-refractivity contribution in [3.8, 4) is 11.1 Å². The highest BCUT2D eigenvalue weighted by atomic mass is 19.1. The molecule has 5 rings (SSSR count). The number of aromatic carboxylic acids is 1.